The van der Waals surface area contributed by atoms with Gasteiger partial charge in [0.2, 0.25) is 5.91 Å². The highest BCUT2D eigenvalue weighted by Crippen LogP contribution is 2.39. The van der Waals surface area contributed by atoms with Gasteiger partial charge in [-0.25, -0.2) is 9.69 Å². The summed E-state index contributed by atoms with van der Waals surface area (Å²) >= 11 is 1.56. The van der Waals surface area contributed by atoms with Crippen molar-refractivity contribution in [2.45, 2.75) is 62.4 Å². The minimum absolute atomic E-state index is 0.0527. The summed E-state index contributed by atoms with van der Waals surface area (Å²) in [5, 5.41) is 1.91. The van der Waals surface area contributed by atoms with Gasteiger partial charge in [0, 0.05) is 4.90 Å². The zero-order valence-electron chi connectivity index (χ0n) is 21.8. The molecule has 1 aliphatic rings. The first-order valence-electron chi connectivity index (χ1n) is 12.3. The minimum Gasteiger partial charge on any atom is -0.447 e. The zero-order chi connectivity index (χ0) is 26.3. The molecule has 1 aliphatic heterocycles. The Kier molecular flexibility index (Phi) is 9.39. The van der Waals surface area contributed by atoms with E-state index < -0.39 is 26.4 Å². The summed E-state index contributed by atoms with van der Waals surface area (Å²) in [6.45, 7) is 14.9. The summed E-state index contributed by atoms with van der Waals surface area (Å²) in [6, 6.07) is 19.5. The first kappa shape index (κ1) is 28.0. The van der Waals surface area contributed by atoms with Crippen molar-refractivity contribution in [2.24, 2.45) is 5.92 Å². The average molecular weight is 524 g/mol. The summed E-state index contributed by atoms with van der Waals surface area (Å²) < 4.78 is 12.0. The minimum atomic E-state index is -2.25. The Balaban J connectivity index is 1.87. The van der Waals surface area contributed by atoms with Gasteiger partial charge in [0.05, 0.1) is 18.1 Å². The van der Waals surface area contributed by atoms with Gasteiger partial charge in [0.25, 0.3) is 0 Å². The maximum atomic E-state index is 13.8. The topological polar surface area (TPSA) is 55.8 Å². The summed E-state index contributed by atoms with van der Waals surface area (Å²) in [6.07, 6.45) is 2.90. The number of ether oxygens (including phenoxy) is 1. The number of hydrogen-bond acceptors (Lipinski definition) is 5. The van der Waals surface area contributed by atoms with Crippen LogP contribution in [0.3, 0.4) is 0 Å². The molecule has 0 N–H and O–H groups in total. The van der Waals surface area contributed by atoms with E-state index in [0.29, 0.717) is 6.42 Å². The van der Waals surface area contributed by atoms with Crippen LogP contribution >= 0.6 is 11.8 Å². The van der Waals surface area contributed by atoms with Gasteiger partial charge in [-0.3, -0.25) is 4.79 Å². The predicted octanol–water partition coefficient (Wildman–Crippen LogP) is 7.08. The third-order valence-electron chi connectivity index (χ3n) is 6.86. The molecule has 3 atom stereocenters. The molecule has 2 aromatic rings. The van der Waals surface area contributed by atoms with Gasteiger partial charge in [-0.1, -0.05) is 87.1 Å². The lowest BCUT2D eigenvalue weighted by atomic mass is 9.99. The maximum Gasteiger partial charge on any atom is 0.417 e. The standard InChI is InChI=1S/C29H37NO4SSi/c1-7-25(27(31)30-23(21-33-28(30)32)20-22-14-10-8-11-15-22)26(34-36(5,6)29(2,3)4)18-19-35-24-16-12-9-13-17-24/h7-19,23,25-26H,1,20-21H2,2-6H3/b19-18+/t23-,25-,26-/m0/s1. The van der Waals surface area contributed by atoms with Gasteiger partial charge < -0.3 is 9.16 Å². The van der Waals surface area contributed by atoms with Crippen LogP contribution in [-0.4, -0.2) is 44.0 Å². The average Bonchev–Trinajstić information content (AvgIpc) is 3.19. The number of thioether (sulfide) groups is 1. The highest BCUT2D eigenvalue weighted by molar-refractivity contribution is 8.02. The molecule has 1 heterocycles. The van der Waals surface area contributed by atoms with E-state index in [0.717, 1.165) is 10.5 Å². The van der Waals surface area contributed by atoms with Crippen molar-refractivity contribution < 1.29 is 18.8 Å². The molecule has 0 radical (unpaired) electrons. The second-order valence-electron chi connectivity index (χ2n) is 10.5. The molecule has 5 nitrogen and oxygen atoms in total. The molecule has 0 unspecified atom stereocenters. The van der Waals surface area contributed by atoms with Crippen LogP contribution < -0.4 is 0 Å². The number of amides is 2. The Morgan fingerprint density at radius 3 is 2.36 bits per heavy atom. The zero-order valence-corrected chi connectivity index (χ0v) is 23.7. The van der Waals surface area contributed by atoms with Crippen LogP contribution in [0.4, 0.5) is 4.79 Å². The molecule has 0 bridgehead atoms. The van der Waals surface area contributed by atoms with Crippen LogP contribution in [0.25, 0.3) is 0 Å². The van der Waals surface area contributed by atoms with E-state index in [4.69, 9.17) is 9.16 Å². The van der Waals surface area contributed by atoms with Crippen LogP contribution in [0, 0.1) is 5.92 Å². The molecule has 7 heteroatoms. The molecular formula is C29H37NO4SSi. The second kappa shape index (κ2) is 12.1. The van der Waals surface area contributed by atoms with E-state index in [1.165, 1.54) is 4.90 Å². The highest BCUT2D eigenvalue weighted by atomic mass is 32.2. The quantitative estimate of drug-likeness (QED) is 0.189. The molecule has 0 spiro atoms. The fourth-order valence-corrected chi connectivity index (χ4v) is 5.71. The van der Waals surface area contributed by atoms with Crippen molar-refractivity contribution in [3.05, 3.63) is 90.4 Å². The number of nitrogens with zero attached hydrogens (tertiary/aromatic N) is 1. The van der Waals surface area contributed by atoms with E-state index in [2.05, 4.69) is 40.4 Å². The van der Waals surface area contributed by atoms with Gasteiger partial charge >= 0.3 is 6.09 Å². The Labute approximate surface area is 220 Å². The Bertz CT molecular complexity index is 1070. The van der Waals surface area contributed by atoms with Gasteiger partial charge in [-0.05, 0) is 53.7 Å². The Morgan fingerprint density at radius 1 is 1.17 bits per heavy atom. The number of imide groups is 1. The fourth-order valence-electron chi connectivity index (χ4n) is 3.75. The van der Waals surface area contributed by atoms with Gasteiger partial charge in [-0.2, -0.15) is 0 Å². The number of carbonyl (C=O) groups excluding carboxylic acids is 2. The normalized spacial score (nSPS) is 18.2. The molecular weight excluding hydrogens is 486 g/mol. The largest absolute Gasteiger partial charge is 0.447 e. The summed E-state index contributed by atoms with van der Waals surface area (Å²) in [5.41, 5.74) is 1.04. The molecule has 36 heavy (non-hydrogen) atoms. The SMILES string of the molecule is C=C[C@H](C(=O)N1C(=O)OC[C@@H]1Cc1ccccc1)[C@H](/C=C/Sc1ccccc1)O[Si](C)(C)C(C)(C)C. The second-order valence-corrected chi connectivity index (χ2v) is 16.2. The molecule has 0 aromatic heterocycles. The smallest absolute Gasteiger partial charge is 0.417 e. The number of benzene rings is 2. The van der Waals surface area contributed by atoms with Crippen LogP contribution in [0.5, 0.6) is 0 Å². The van der Waals surface area contributed by atoms with Gasteiger partial charge in [-0.15, -0.1) is 6.58 Å². The molecule has 1 saturated heterocycles. The van der Waals surface area contributed by atoms with Crippen molar-refractivity contribution >= 4 is 32.1 Å². The highest BCUT2D eigenvalue weighted by Gasteiger charge is 2.45. The molecule has 0 aliphatic carbocycles. The lowest BCUT2D eigenvalue weighted by Gasteiger charge is -2.40. The third kappa shape index (κ3) is 6.99. The number of rotatable bonds is 10. The van der Waals surface area contributed by atoms with E-state index in [1.807, 2.05) is 72.1 Å². The van der Waals surface area contributed by atoms with Gasteiger partial charge in [0.15, 0.2) is 8.32 Å². The Morgan fingerprint density at radius 2 is 1.78 bits per heavy atom. The van der Waals surface area contributed by atoms with E-state index in [1.54, 1.807) is 17.8 Å². The van der Waals surface area contributed by atoms with Crippen molar-refractivity contribution in [1.82, 2.24) is 4.90 Å². The van der Waals surface area contributed by atoms with Crippen molar-refractivity contribution in [3.63, 3.8) is 0 Å². The van der Waals surface area contributed by atoms with Crippen LogP contribution in [0.15, 0.2) is 89.7 Å². The number of cyclic esters (lactones) is 1. The monoisotopic (exact) mass is 523 g/mol. The lowest BCUT2D eigenvalue weighted by molar-refractivity contribution is -0.133. The fraction of sp³-hybridized carbons (Fsp3) is 0.379. The molecule has 1 fully saturated rings. The molecule has 2 aromatic carbocycles. The maximum absolute atomic E-state index is 13.8. The predicted molar refractivity (Wildman–Crippen MR) is 149 cm³/mol. The summed E-state index contributed by atoms with van der Waals surface area (Å²) in [4.78, 5) is 28.9. The molecule has 0 saturated carbocycles. The van der Waals surface area contributed by atoms with Crippen molar-refractivity contribution in [1.29, 1.82) is 0 Å². The van der Waals surface area contributed by atoms with Crippen molar-refractivity contribution in [3.8, 4) is 0 Å². The molecule has 192 valence electrons. The first-order chi connectivity index (χ1) is 17.0. The number of carbonyl (C=O) groups is 2. The van der Waals surface area contributed by atoms with Crippen molar-refractivity contribution in [2.75, 3.05) is 6.61 Å². The van der Waals surface area contributed by atoms with Crippen LogP contribution in [0.2, 0.25) is 18.1 Å². The van der Waals surface area contributed by atoms with Crippen LogP contribution in [-0.2, 0) is 20.4 Å². The number of hydrogen-bond donors (Lipinski definition) is 0. The lowest BCUT2D eigenvalue weighted by Crippen LogP contribution is -2.50. The third-order valence-corrected chi connectivity index (χ3v) is 12.2. The van der Waals surface area contributed by atoms with Gasteiger partial charge in [0.1, 0.15) is 6.61 Å². The Hall–Kier alpha value is -2.61. The van der Waals surface area contributed by atoms with E-state index in [9.17, 15) is 9.59 Å². The first-order valence-corrected chi connectivity index (χ1v) is 16.0. The van der Waals surface area contributed by atoms with Crippen LogP contribution in [0.1, 0.15) is 26.3 Å². The van der Waals surface area contributed by atoms with E-state index >= 15 is 0 Å². The van der Waals surface area contributed by atoms with E-state index in [-0.39, 0.29) is 23.6 Å². The summed E-state index contributed by atoms with van der Waals surface area (Å²) in [5.74, 6) is -1.07. The summed E-state index contributed by atoms with van der Waals surface area (Å²) in [7, 11) is -2.25. The molecule has 2 amide bonds. The molecule has 3 rings (SSSR count).